The molecule has 14 heteroatoms. The van der Waals surface area contributed by atoms with Crippen LogP contribution in [0.25, 0.3) is 17.1 Å². The van der Waals surface area contributed by atoms with Crippen LogP contribution in [0.15, 0.2) is 78.2 Å². The zero-order chi connectivity index (χ0) is 33.9. The molecule has 1 aliphatic rings. The highest BCUT2D eigenvalue weighted by Gasteiger charge is 2.31. The zero-order valence-electron chi connectivity index (χ0n) is 26.8. The molecular weight excluding hydrogens is 641 g/mol. The molecule has 2 heterocycles. The van der Waals surface area contributed by atoms with Crippen molar-refractivity contribution in [3.8, 4) is 22.8 Å². The van der Waals surface area contributed by atoms with E-state index in [0.29, 0.717) is 36.3 Å². The van der Waals surface area contributed by atoms with Crippen molar-refractivity contribution in [2.45, 2.75) is 38.4 Å². The summed E-state index contributed by atoms with van der Waals surface area (Å²) >= 11 is 1.49. The number of hydrazone groups is 1. The van der Waals surface area contributed by atoms with Gasteiger partial charge >= 0.3 is 6.36 Å². The summed E-state index contributed by atoms with van der Waals surface area (Å²) in [5, 5.41) is 18.7. The molecule has 2 unspecified atom stereocenters. The van der Waals surface area contributed by atoms with Gasteiger partial charge in [0.25, 0.3) is 0 Å². The van der Waals surface area contributed by atoms with Crippen molar-refractivity contribution in [2.24, 2.45) is 11.0 Å². The minimum Gasteiger partial charge on any atom is -0.406 e. The number of amides is 1. The van der Waals surface area contributed by atoms with E-state index in [1.165, 1.54) is 47.0 Å². The first kappa shape index (κ1) is 34.8. The van der Waals surface area contributed by atoms with Gasteiger partial charge in [-0.15, -0.1) is 30.0 Å². The smallest absolute Gasteiger partial charge is 0.406 e. The monoisotopic (exact) mass is 680 g/mol. The van der Waals surface area contributed by atoms with Crippen molar-refractivity contribution in [1.29, 1.82) is 0 Å². The van der Waals surface area contributed by atoms with Gasteiger partial charge in [0.1, 0.15) is 17.5 Å². The van der Waals surface area contributed by atoms with Gasteiger partial charge in [-0.2, -0.15) is 5.10 Å². The molecule has 2 atom stereocenters. The minimum absolute atomic E-state index is 0.00699. The molecular formula is C34H39F3N8O2S. The van der Waals surface area contributed by atoms with Crippen molar-refractivity contribution >= 4 is 29.6 Å². The second-order valence-corrected chi connectivity index (χ2v) is 12.7. The number of nitrogens with zero attached hydrogens (tertiary/aromatic N) is 4. The van der Waals surface area contributed by atoms with Crippen LogP contribution in [0.1, 0.15) is 29.5 Å². The number of ether oxygens (including phenoxy) is 1. The van der Waals surface area contributed by atoms with E-state index in [9.17, 15) is 18.0 Å². The highest BCUT2D eigenvalue weighted by atomic mass is 32.2. The molecule has 0 aliphatic carbocycles. The molecule has 1 aliphatic heterocycles. The van der Waals surface area contributed by atoms with Crippen molar-refractivity contribution < 1.29 is 22.7 Å². The topological polar surface area (TPSA) is 117 Å². The molecule has 1 amide bonds. The van der Waals surface area contributed by atoms with Crippen molar-refractivity contribution in [3.05, 3.63) is 89.7 Å². The molecule has 3 aromatic carbocycles. The van der Waals surface area contributed by atoms with Crippen LogP contribution in [0.2, 0.25) is 0 Å². The third-order valence-electron chi connectivity index (χ3n) is 7.78. The number of thioether (sulfide) groups is 1. The molecule has 48 heavy (non-hydrogen) atoms. The Hall–Kier alpha value is -4.56. The highest BCUT2D eigenvalue weighted by molar-refractivity contribution is 8.00. The fraction of sp³-hybridized carbons (Fsp3) is 0.353. The maximum atomic E-state index is 12.7. The second kappa shape index (κ2) is 16.5. The number of carbonyl (C=O) groups is 1. The van der Waals surface area contributed by atoms with Crippen molar-refractivity contribution in [3.63, 3.8) is 0 Å². The lowest BCUT2D eigenvalue weighted by Crippen LogP contribution is -2.39. The van der Waals surface area contributed by atoms with E-state index in [-0.39, 0.29) is 17.0 Å². The third kappa shape index (κ3) is 10.5. The Morgan fingerprint density at radius 3 is 2.56 bits per heavy atom. The molecule has 10 nitrogen and oxygen atoms in total. The first-order chi connectivity index (χ1) is 23.1. The molecule has 1 fully saturated rings. The Morgan fingerprint density at radius 1 is 1.12 bits per heavy atom. The Kier molecular flexibility index (Phi) is 12.0. The maximum Gasteiger partial charge on any atom is 0.573 e. The summed E-state index contributed by atoms with van der Waals surface area (Å²) < 4.78 is 42.8. The van der Waals surface area contributed by atoms with Gasteiger partial charge in [-0.3, -0.25) is 10.2 Å². The van der Waals surface area contributed by atoms with Crippen molar-refractivity contribution in [2.75, 3.05) is 37.2 Å². The number of carbonyl (C=O) groups excluding carboxylic acids is 1. The normalized spacial score (nSPS) is 15.6. The lowest BCUT2D eigenvalue weighted by atomic mass is 10.00. The van der Waals surface area contributed by atoms with E-state index in [0.717, 1.165) is 53.9 Å². The molecule has 1 aromatic heterocycles. The van der Waals surface area contributed by atoms with E-state index in [1.807, 2.05) is 30.3 Å². The Morgan fingerprint density at radius 2 is 1.88 bits per heavy atom. The zero-order valence-corrected chi connectivity index (χ0v) is 27.6. The number of benzene rings is 3. The molecule has 0 saturated carbocycles. The number of alkyl halides is 3. The maximum absolute atomic E-state index is 12.7. The van der Waals surface area contributed by atoms with Gasteiger partial charge < -0.3 is 20.7 Å². The predicted octanol–water partition coefficient (Wildman–Crippen LogP) is 5.66. The van der Waals surface area contributed by atoms with E-state index in [1.54, 1.807) is 6.21 Å². The Bertz CT molecular complexity index is 1640. The third-order valence-corrected chi connectivity index (χ3v) is 8.88. The molecule has 254 valence electrons. The fourth-order valence-corrected chi connectivity index (χ4v) is 6.04. The summed E-state index contributed by atoms with van der Waals surface area (Å²) in [5.74, 6) is 0.931. The number of aromatic nitrogens is 3. The molecule has 1 saturated heterocycles. The average molecular weight is 681 g/mol. The molecule has 0 bridgehead atoms. The van der Waals surface area contributed by atoms with E-state index < -0.39 is 6.36 Å². The van der Waals surface area contributed by atoms with E-state index >= 15 is 0 Å². The van der Waals surface area contributed by atoms with Gasteiger partial charge in [0.2, 0.25) is 5.91 Å². The number of piperidine rings is 1. The molecule has 4 aromatic rings. The van der Waals surface area contributed by atoms with Crippen LogP contribution < -0.4 is 26.1 Å². The van der Waals surface area contributed by atoms with Crippen molar-refractivity contribution in [1.82, 2.24) is 30.8 Å². The highest BCUT2D eigenvalue weighted by Crippen LogP contribution is 2.24. The second-order valence-electron chi connectivity index (χ2n) is 11.5. The number of hydrogen-bond donors (Lipinski definition) is 4. The van der Waals surface area contributed by atoms with E-state index in [4.69, 9.17) is 0 Å². The standard InChI is InChI=1S/C34H39F3N8O2S/c1-23-5-3-6-24(2)32(23)40-20-31(48-21-30(46)39-18-26-7-4-16-38-17-26)43-42-19-25-8-10-27(11-9-25)33-41-22-45(44-33)28-12-14-29(15-13-28)47-34(35,36)37/h3,5-6,8-15,19,22,26,31,38,40,43H,4,7,16-18,20-21H2,1-2H3,(H,39,46)/b42-19-. The number of aryl methyl sites for hydroxylation is 2. The van der Waals surface area contributed by atoms with E-state index in [2.05, 4.69) is 67.3 Å². The lowest BCUT2D eigenvalue weighted by Gasteiger charge is -2.23. The summed E-state index contributed by atoms with van der Waals surface area (Å²) in [7, 11) is 0. The average Bonchev–Trinajstić information content (AvgIpc) is 3.56. The lowest BCUT2D eigenvalue weighted by molar-refractivity contribution is -0.274. The molecule has 0 radical (unpaired) electrons. The number of halogens is 3. The number of rotatable bonds is 14. The summed E-state index contributed by atoms with van der Waals surface area (Å²) in [6.45, 7) is 7.35. The molecule has 5 rings (SSSR count). The van der Waals surface area contributed by atoms with Crippen LogP contribution in [-0.2, 0) is 4.79 Å². The SMILES string of the molecule is Cc1cccc(C)c1NCC(N/N=C\c1ccc(-c2ncn(-c3ccc(OC(F)(F)F)cc3)n2)cc1)SCC(=O)NCC1CCCNC1. The number of nitrogens with one attached hydrogen (secondary N) is 4. The Labute approximate surface area is 281 Å². The minimum atomic E-state index is -4.75. The van der Waals surface area contributed by atoms with Crippen LogP contribution in [0, 0.1) is 19.8 Å². The number of para-hydroxylation sites is 1. The van der Waals surface area contributed by atoms with Crippen LogP contribution in [0.4, 0.5) is 18.9 Å². The Balaban J connectivity index is 1.17. The van der Waals surface area contributed by atoms with Crippen LogP contribution >= 0.6 is 11.8 Å². The van der Waals surface area contributed by atoms with Crippen LogP contribution in [-0.4, -0.2) is 70.6 Å². The van der Waals surface area contributed by atoms with Gasteiger partial charge in [0.05, 0.1) is 17.7 Å². The summed E-state index contributed by atoms with van der Waals surface area (Å²) in [4.78, 5) is 17.0. The number of hydrogen-bond acceptors (Lipinski definition) is 9. The number of anilines is 1. The first-order valence-electron chi connectivity index (χ1n) is 15.7. The quantitative estimate of drug-likeness (QED) is 0.0766. The van der Waals surface area contributed by atoms with Crippen LogP contribution in [0.3, 0.4) is 0 Å². The van der Waals surface area contributed by atoms with Gasteiger partial charge in [0, 0.05) is 24.3 Å². The summed E-state index contributed by atoms with van der Waals surface area (Å²) in [6.07, 6.45) is 0.714. The largest absolute Gasteiger partial charge is 0.573 e. The summed E-state index contributed by atoms with van der Waals surface area (Å²) in [5.41, 5.74) is 8.71. The van der Waals surface area contributed by atoms with Gasteiger partial charge in [0.15, 0.2) is 5.82 Å². The molecule has 0 spiro atoms. The summed E-state index contributed by atoms with van der Waals surface area (Å²) in [6, 6.07) is 19.0. The first-order valence-corrected chi connectivity index (χ1v) is 16.7. The van der Waals surface area contributed by atoms with Gasteiger partial charge in [-0.25, -0.2) is 9.67 Å². The van der Waals surface area contributed by atoms with Gasteiger partial charge in [-0.05, 0) is 86.7 Å². The van der Waals surface area contributed by atoms with Gasteiger partial charge in [-0.1, -0.05) is 42.5 Å². The fourth-order valence-electron chi connectivity index (χ4n) is 5.25. The molecule has 4 N–H and O–H groups in total. The predicted molar refractivity (Wildman–Crippen MR) is 183 cm³/mol. The van der Waals surface area contributed by atoms with Crippen LogP contribution in [0.5, 0.6) is 5.75 Å².